The van der Waals surface area contributed by atoms with Crippen LogP contribution in [-0.4, -0.2) is 13.2 Å². The molecular formula is C18H24F3NO. The van der Waals surface area contributed by atoms with Crippen molar-refractivity contribution in [1.29, 1.82) is 0 Å². The van der Waals surface area contributed by atoms with Gasteiger partial charge in [-0.1, -0.05) is 38.1 Å². The smallest absolute Gasteiger partial charge is 0.387 e. The van der Waals surface area contributed by atoms with Gasteiger partial charge in [-0.2, -0.15) is 8.78 Å². The lowest BCUT2D eigenvalue weighted by Gasteiger charge is -2.11. The fourth-order valence-electron chi connectivity index (χ4n) is 2.26. The minimum Gasteiger partial charge on any atom is -0.432 e. The van der Waals surface area contributed by atoms with Crippen molar-refractivity contribution in [2.24, 2.45) is 0 Å². The monoisotopic (exact) mass is 327 g/mol. The number of rotatable bonds is 10. The van der Waals surface area contributed by atoms with Crippen LogP contribution in [0, 0.1) is 5.82 Å². The van der Waals surface area contributed by atoms with Crippen LogP contribution in [0.3, 0.4) is 0 Å². The zero-order valence-electron chi connectivity index (χ0n) is 13.7. The minimum atomic E-state index is -3.03. The van der Waals surface area contributed by atoms with Crippen molar-refractivity contribution < 1.29 is 17.9 Å². The van der Waals surface area contributed by atoms with Gasteiger partial charge in [-0.15, -0.1) is 0 Å². The van der Waals surface area contributed by atoms with E-state index < -0.39 is 18.2 Å². The Morgan fingerprint density at radius 2 is 2.09 bits per heavy atom. The average Bonchev–Trinajstić information content (AvgIpc) is 2.51. The van der Waals surface area contributed by atoms with Crippen molar-refractivity contribution in [2.45, 2.75) is 46.3 Å². The Hall–Kier alpha value is -1.75. The summed E-state index contributed by atoms with van der Waals surface area (Å²) in [7, 11) is 0. The van der Waals surface area contributed by atoms with Crippen LogP contribution in [-0.2, 0) is 6.54 Å². The first-order chi connectivity index (χ1) is 11.0. The molecule has 0 saturated carbocycles. The number of hydrogen-bond acceptors (Lipinski definition) is 2. The molecule has 0 radical (unpaired) electrons. The highest BCUT2D eigenvalue weighted by atomic mass is 19.3. The first-order valence-electron chi connectivity index (χ1n) is 7.79. The van der Waals surface area contributed by atoms with Crippen LogP contribution in [0.15, 0.2) is 42.0 Å². The number of ether oxygens (including phenoxy) is 1. The van der Waals surface area contributed by atoms with Crippen molar-refractivity contribution in [3.63, 3.8) is 0 Å². The van der Waals surface area contributed by atoms with Gasteiger partial charge in [0.1, 0.15) is 0 Å². The topological polar surface area (TPSA) is 21.3 Å². The second kappa shape index (κ2) is 10.1. The predicted molar refractivity (Wildman–Crippen MR) is 87.2 cm³/mol. The molecular weight excluding hydrogens is 303 g/mol. The Labute approximate surface area is 136 Å². The van der Waals surface area contributed by atoms with Crippen molar-refractivity contribution >= 4 is 0 Å². The molecule has 2 nitrogen and oxygen atoms in total. The SMILES string of the molecule is C=C(CCNCc1ccc(F)c(OC(F)F)c1)/C(=C\CC)CC. The van der Waals surface area contributed by atoms with Crippen LogP contribution < -0.4 is 10.1 Å². The fraction of sp³-hybridized carbons (Fsp3) is 0.444. The summed E-state index contributed by atoms with van der Waals surface area (Å²) in [5.74, 6) is -1.22. The highest BCUT2D eigenvalue weighted by Gasteiger charge is 2.10. The summed E-state index contributed by atoms with van der Waals surface area (Å²) in [5.41, 5.74) is 3.05. The molecule has 1 aromatic rings. The molecule has 0 aliphatic carbocycles. The number of allylic oxidation sites excluding steroid dienone is 2. The molecule has 0 unspecified atom stereocenters. The van der Waals surface area contributed by atoms with E-state index in [-0.39, 0.29) is 0 Å². The molecule has 0 atom stereocenters. The Morgan fingerprint density at radius 3 is 2.70 bits per heavy atom. The molecule has 1 aromatic carbocycles. The van der Waals surface area contributed by atoms with Crippen molar-refractivity contribution in [3.8, 4) is 5.75 Å². The maximum absolute atomic E-state index is 13.3. The van der Waals surface area contributed by atoms with Crippen molar-refractivity contribution in [3.05, 3.63) is 53.4 Å². The zero-order chi connectivity index (χ0) is 17.2. The number of nitrogens with one attached hydrogen (secondary N) is 1. The molecule has 0 aliphatic heterocycles. The minimum absolute atomic E-state index is 0.428. The van der Waals surface area contributed by atoms with E-state index in [1.165, 1.54) is 11.6 Å². The molecule has 0 fully saturated rings. The van der Waals surface area contributed by atoms with E-state index in [1.54, 1.807) is 6.07 Å². The number of benzene rings is 1. The van der Waals surface area contributed by atoms with Crippen LogP contribution in [0.4, 0.5) is 13.2 Å². The van der Waals surface area contributed by atoms with Gasteiger partial charge in [-0.05, 0) is 49.1 Å². The second-order valence-corrected chi connectivity index (χ2v) is 5.16. The van der Waals surface area contributed by atoms with Crippen molar-refractivity contribution in [2.75, 3.05) is 6.54 Å². The summed E-state index contributed by atoms with van der Waals surface area (Å²) in [6, 6.07) is 3.97. The van der Waals surface area contributed by atoms with E-state index in [1.807, 2.05) is 0 Å². The van der Waals surface area contributed by atoms with Crippen molar-refractivity contribution in [1.82, 2.24) is 5.32 Å². The average molecular weight is 327 g/mol. The largest absolute Gasteiger partial charge is 0.432 e. The third-order valence-corrected chi connectivity index (χ3v) is 3.43. The standard InChI is InChI=1S/C18H24F3NO/c1-4-6-15(5-2)13(3)9-10-22-12-14-7-8-16(19)17(11-14)23-18(20)21/h6-8,11,18,22H,3-5,9-10,12H2,1-2H3/b15-6-. The third-order valence-electron chi connectivity index (χ3n) is 3.43. The lowest BCUT2D eigenvalue weighted by molar-refractivity contribution is -0.0522. The molecule has 0 aromatic heterocycles. The maximum atomic E-state index is 13.3. The summed E-state index contributed by atoms with van der Waals surface area (Å²) < 4.78 is 41.8. The molecule has 0 spiro atoms. The zero-order valence-corrected chi connectivity index (χ0v) is 13.7. The summed E-state index contributed by atoms with van der Waals surface area (Å²) in [6.45, 7) is 6.41. The molecule has 1 rings (SSSR count). The predicted octanol–water partition coefficient (Wildman–Crippen LogP) is 5.21. The highest BCUT2D eigenvalue weighted by molar-refractivity contribution is 5.30. The molecule has 0 heterocycles. The van der Waals surface area contributed by atoms with Crippen LogP contribution in [0.2, 0.25) is 0 Å². The van der Waals surface area contributed by atoms with E-state index in [2.05, 4.69) is 36.6 Å². The van der Waals surface area contributed by atoms with Gasteiger partial charge >= 0.3 is 6.61 Å². The van der Waals surface area contributed by atoms with Gasteiger partial charge in [-0.3, -0.25) is 0 Å². The lowest BCUT2D eigenvalue weighted by Crippen LogP contribution is -2.16. The van der Waals surface area contributed by atoms with E-state index in [0.717, 1.165) is 30.9 Å². The normalized spacial score (nSPS) is 11.8. The molecule has 23 heavy (non-hydrogen) atoms. The van der Waals surface area contributed by atoms with Crippen LogP contribution in [0.5, 0.6) is 5.75 Å². The van der Waals surface area contributed by atoms with Gasteiger partial charge in [0.05, 0.1) is 0 Å². The molecule has 1 N–H and O–H groups in total. The number of halogens is 3. The molecule has 0 aliphatic rings. The Kier molecular flexibility index (Phi) is 8.48. The summed E-state index contributed by atoms with van der Waals surface area (Å²) in [5, 5.41) is 3.20. The molecule has 0 saturated heterocycles. The first kappa shape index (κ1) is 19.3. The number of alkyl halides is 2. The van der Waals surface area contributed by atoms with E-state index in [9.17, 15) is 13.2 Å². The van der Waals surface area contributed by atoms with Gasteiger partial charge in [0.25, 0.3) is 0 Å². The summed E-state index contributed by atoms with van der Waals surface area (Å²) >= 11 is 0. The Balaban J connectivity index is 2.47. The van der Waals surface area contributed by atoms with Gasteiger partial charge in [-0.25, -0.2) is 4.39 Å². The summed E-state index contributed by atoms with van der Waals surface area (Å²) in [6.07, 6.45) is 4.93. The van der Waals surface area contributed by atoms with E-state index in [0.29, 0.717) is 18.7 Å². The van der Waals surface area contributed by atoms with Gasteiger partial charge in [0.2, 0.25) is 0 Å². The van der Waals surface area contributed by atoms with Crippen LogP contribution in [0.1, 0.15) is 38.7 Å². The highest BCUT2D eigenvalue weighted by Crippen LogP contribution is 2.21. The number of hydrogen-bond donors (Lipinski definition) is 1. The fourth-order valence-corrected chi connectivity index (χ4v) is 2.26. The van der Waals surface area contributed by atoms with E-state index >= 15 is 0 Å². The molecule has 0 bridgehead atoms. The summed E-state index contributed by atoms with van der Waals surface area (Å²) in [4.78, 5) is 0. The molecule has 5 heteroatoms. The van der Waals surface area contributed by atoms with E-state index in [4.69, 9.17) is 0 Å². The van der Waals surface area contributed by atoms with Gasteiger partial charge in [0, 0.05) is 6.54 Å². The molecule has 128 valence electrons. The Morgan fingerprint density at radius 1 is 1.35 bits per heavy atom. The van der Waals surface area contributed by atoms with Gasteiger partial charge < -0.3 is 10.1 Å². The van der Waals surface area contributed by atoms with Crippen LogP contribution >= 0.6 is 0 Å². The maximum Gasteiger partial charge on any atom is 0.387 e. The third kappa shape index (κ3) is 6.91. The first-order valence-corrected chi connectivity index (χ1v) is 7.79. The second-order valence-electron chi connectivity index (χ2n) is 5.16. The lowest BCUT2D eigenvalue weighted by atomic mass is 10.0. The quantitative estimate of drug-likeness (QED) is 0.470. The van der Waals surface area contributed by atoms with Gasteiger partial charge in [0.15, 0.2) is 11.6 Å². The molecule has 0 amide bonds. The van der Waals surface area contributed by atoms with Crippen LogP contribution in [0.25, 0.3) is 0 Å². The Bertz CT molecular complexity index is 541.